The molecule has 8 heteroatoms. The van der Waals surface area contributed by atoms with E-state index in [0.717, 1.165) is 22.3 Å². The molecule has 0 aliphatic heterocycles. The second-order valence-corrected chi connectivity index (χ2v) is 12.7. The van der Waals surface area contributed by atoms with E-state index in [9.17, 15) is 23.9 Å². The van der Waals surface area contributed by atoms with Gasteiger partial charge in [0.1, 0.15) is 11.9 Å². The number of carboxylic acids is 1. The lowest BCUT2D eigenvalue weighted by Crippen LogP contribution is -2.42. The lowest BCUT2D eigenvalue weighted by atomic mass is 9.86. The van der Waals surface area contributed by atoms with Gasteiger partial charge in [-0.1, -0.05) is 111 Å². The van der Waals surface area contributed by atoms with E-state index in [0.29, 0.717) is 16.7 Å². The fourth-order valence-corrected chi connectivity index (χ4v) is 5.33. The molecule has 47 heavy (non-hydrogen) atoms. The number of benzene rings is 5. The molecular weight excluding hydrogens is 615 g/mol. The second-order valence-electron chi connectivity index (χ2n) is 12.3. The predicted octanol–water partition coefficient (Wildman–Crippen LogP) is 8.79. The van der Waals surface area contributed by atoms with E-state index in [1.807, 2.05) is 66.7 Å². The number of nitrogens with one attached hydrogen (secondary N) is 2. The summed E-state index contributed by atoms with van der Waals surface area (Å²) in [7, 11) is 0. The molecule has 0 saturated heterocycles. The van der Waals surface area contributed by atoms with Gasteiger partial charge in [0, 0.05) is 12.0 Å². The number of carbonyl (C=O) groups excluding carboxylic acids is 2. The van der Waals surface area contributed by atoms with E-state index >= 15 is 0 Å². The van der Waals surface area contributed by atoms with E-state index < -0.39 is 29.6 Å². The zero-order valence-corrected chi connectivity index (χ0v) is 26.9. The van der Waals surface area contributed by atoms with Gasteiger partial charge in [0.2, 0.25) is 0 Å². The van der Waals surface area contributed by atoms with Crippen LogP contribution >= 0.6 is 11.6 Å². The Morgan fingerprint density at radius 1 is 0.745 bits per heavy atom. The summed E-state index contributed by atoms with van der Waals surface area (Å²) in [5.74, 6) is -2.94. The van der Waals surface area contributed by atoms with Crippen LogP contribution in [0.4, 0.5) is 10.1 Å². The van der Waals surface area contributed by atoms with Crippen molar-refractivity contribution in [3.05, 3.63) is 148 Å². The van der Waals surface area contributed by atoms with Gasteiger partial charge in [-0.2, -0.15) is 0 Å². The van der Waals surface area contributed by atoms with E-state index in [1.165, 1.54) is 24.3 Å². The molecule has 0 fully saturated rings. The maximum Gasteiger partial charge on any atom is 0.326 e. The van der Waals surface area contributed by atoms with E-state index in [1.54, 1.807) is 24.3 Å². The Morgan fingerprint density at radius 2 is 1.34 bits per heavy atom. The van der Waals surface area contributed by atoms with Crippen molar-refractivity contribution < 1.29 is 23.9 Å². The number of hydrogen-bond acceptors (Lipinski definition) is 3. The summed E-state index contributed by atoms with van der Waals surface area (Å²) >= 11 is 6.02. The van der Waals surface area contributed by atoms with Crippen LogP contribution in [-0.2, 0) is 16.6 Å². The van der Waals surface area contributed by atoms with Gasteiger partial charge in [-0.3, -0.25) is 9.59 Å². The first-order valence-electron chi connectivity index (χ1n) is 15.1. The number of amides is 2. The Morgan fingerprint density at radius 3 is 1.96 bits per heavy atom. The van der Waals surface area contributed by atoms with E-state index in [-0.39, 0.29) is 28.1 Å². The average Bonchev–Trinajstić information content (AvgIpc) is 3.06. The highest BCUT2D eigenvalue weighted by atomic mass is 35.5. The Bertz CT molecular complexity index is 1920. The normalized spacial score (nSPS) is 11.9. The van der Waals surface area contributed by atoms with Crippen molar-refractivity contribution in [3.8, 4) is 22.3 Å². The molecular formula is C39H34ClFN2O4. The molecule has 0 saturated carbocycles. The third-order valence-electron chi connectivity index (χ3n) is 7.88. The van der Waals surface area contributed by atoms with Crippen molar-refractivity contribution in [2.24, 2.45) is 0 Å². The smallest absolute Gasteiger partial charge is 0.326 e. The van der Waals surface area contributed by atoms with Crippen LogP contribution in [0.1, 0.15) is 52.6 Å². The molecule has 1 atom stereocenters. The summed E-state index contributed by atoms with van der Waals surface area (Å²) in [6, 6.07) is 32.1. The monoisotopic (exact) mass is 648 g/mol. The number of hydrogen-bond donors (Lipinski definition) is 3. The van der Waals surface area contributed by atoms with Gasteiger partial charge in [0.05, 0.1) is 16.3 Å². The lowest BCUT2D eigenvalue weighted by Gasteiger charge is -2.19. The number of carbonyl (C=O) groups is 3. The third kappa shape index (κ3) is 8.12. The number of rotatable bonds is 9. The number of carboxylic acid groups (broad SMARTS) is 1. The molecule has 5 aromatic carbocycles. The van der Waals surface area contributed by atoms with Crippen molar-refractivity contribution in [3.63, 3.8) is 0 Å². The SMILES string of the molecule is CC(C)(C)c1ccc(C(=O)Nc2ccc(-c3ccc(F)c(Cl)c3)cc2C(=O)NC(Cc2ccc(-c3ccccc3)cc2)C(=O)O)cc1. The fourth-order valence-electron chi connectivity index (χ4n) is 5.15. The van der Waals surface area contributed by atoms with Gasteiger partial charge in [-0.25, -0.2) is 9.18 Å². The first-order valence-corrected chi connectivity index (χ1v) is 15.5. The van der Waals surface area contributed by atoms with Gasteiger partial charge < -0.3 is 15.7 Å². The Labute approximate surface area is 278 Å². The highest BCUT2D eigenvalue weighted by Gasteiger charge is 2.24. The molecule has 0 aliphatic carbocycles. The standard InChI is InChI=1S/C39H34ClFN2O4/c1-39(2,3)30-17-13-27(14-18-30)36(44)42-34-20-16-28(29-15-19-33(41)32(40)23-29)22-31(34)37(45)43-35(38(46)47)21-24-9-11-26(12-10-24)25-7-5-4-6-8-25/h4-20,22-23,35H,21H2,1-3H3,(H,42,44)(H,43,45)(H,46,47). The topological polar surface area (TPSA) is 95.5 Å². The third-order valence-corrected chi connectivity index (χ3v) is 8.17. The van der Waals surface area contributed by atoms with Crippen LogP contribution in [0, 0.1) is 5.82 Å². The van der Waals surface area contributed by atoms with Gasteiger partial charge in [0.25, 0.3) is 11.8 Å². The summed E-state index contributed by atoms with van der Waals surface area (Å²) in [6.07, 6.45) is 0.0330. The van der Waals surface area contributed by atoms with E-state index in [4.69, 9.17) is 11.6 Å². The summed E-state index contributed by atoms with van der Waals surface area (Å²) < 4.78 is 13.9. The average molecular weight is 649 g/mol. The first-order chi connectivity index (χ1) is 22.4. The Hall–Kier alpha value is -5.27. The van der Waals surface area contributed by atoms with Gasteiger partial charge >= 0.3 is 5.97 Å². The Balaban J connectivity index is 1.42. The lowest BCUT2D eigenvalue weighted by molar-refractivity contribution is -0.139. The van der Waals surface area contributed by atoms with Crippen LogP contribution in [0.5, 0.6) is 0 Å². The predicted molar refractivity (Wildman–Crippen MR) is 184 cm³/mol. The molecule has 0 bridgehead atoms. The van der Waals surface area contributed by atoms with Gasteiger partial charge in [-0.15, -0.1) is 0 Å². The fraction of sp³-hybridized carbons (Fsp3) is 0.154. The summed E-state index contributed by atoms with van der Waals surface area (Å²) in [5, 5.41) is 15.4. The highest BCUT2D eigenvalue weighted by molar-refractivity contribution is 6.31. The molecule has 0 spiro atoms. The van der Waals surface area contributed by atoms with Crippen LogP contribution < -0.4 is 10.6 Å². The zero-order chi connectivity index (χ0) is 33.7. The molecule has 1 unspecified atom stereocenters. The Kier molecular flexibility index (Phi) is 9.87. The van der Waals surface area contributed by atoms with Crippen molar-refractivity contribution >= 4 is 35.1 Å². The first kappa shape index (κ1) is 33.1. The minimum atomic E-state index is -1.26. The largest absolute Gasteiger partial charge is 0.480 e. The highest BCUT2D eigenvalue weighted by Crippen LogP contribution is 2.30. The van der Waals surface area contributed by atoms with Crippen LogP contribution in [0.2, 0.25) is 5.02 Å². The minimum absolute atomic E-state index is 0.0330. The van der Waals surface area contributed by atoms with Gasteiger partial charge in [-0.05, 0) is 75.2 Å². The zero-order valence-electron chi connectivity index (χ0n) is 26.2. The maximum absolute atomic E-state index is 13.9. The number of anilines is 1. The quantitative estimate of drug-likeness (QED) is 0.149. The number of halogens is 2. The molecule has 0 aromatic heterocycles. The summed E-state index contributed by atoms with van der Waals surface area (Å²) in [5.41, 5.74) is 5.37. The van der Waals surface area contributed by atoms with E-state index in [2.05, 4.69) is 31.4 Å². The number of aliphatic carboxylic acids is 1. The summed E-state index contributed by atoms with van der Waals surface area (Å²) in [4.78, 5) is 39.4. The minimum Gasteiger partial charge on any atom is -0.480 e. The van der Waals surface area contributed by atoms with Crippen molar-refractivity contribution in [2.75, 3.05) is 5.32 Å². The molecule has 5 aromatic rings. The second kappa shape index (κ2) is 14.0. The molecule has 2 amide bonds. The molecule has 0 radical (unpaired) electrons. The molecule has 6 nitrogen and oxygen atoms in total. The maximum atomic E-state index is 13.9. The molecule has 238 valence electrons. The van der Waals surface area contributed by atoms with Crippen LogP contribution in [0.3, 0.4) is 0 Å². The van der Waals surface area contributed by atoms with Crippen LogP contribution in [0.25, 0.3) is 22.3 Å². The molecule has 5 rings (SSSR count). The van der Waals surface area contributed by atoms with Gasteiger partial charge in [0.15, 0.2) is 0 Å². The van der Waals surface area contributed by atoms with Crippen molar-refractivity contribution in [1.82, 2.24) is 5.32 Å². The molecule has 0 aliphatic rings. The molecule has 0 heterocycles. The summed E-state index contributed by atoms with van der Waals surface area (Å²) in [6.45, 7) is 6.23. The molecule has 3 N–H and O–H groups in total. The van der Waals surface area contributed by atoms with Crippen molar-refractivity contribution in [1.29, 1.82) is 0 Å². The van der Waals surface area contributed by atoms with Crippen LogP contribution in [0.15, 0.2) is 115 Å². The van der Waals surface area contributed by atoms with Crippen molar-refractivity contribution in [2.45, 2.75) is 38.6 Å². The van der Waals surface area contributed by atoms with Crippen LogP contribution in [-0.4, -0.2) is 28.9 Å².